The molecule has 84 valence electrons. The molecule has 16 heavy (non-hydrogen) atoms. The summed E-state index contributed by atoms with van der Waals surface area (Å²) in [5.74, 6) is -0.417. The first-order chi connectivity index (χ1) is 7.65. The zero-order chi connectivity index (χ0) is 11.7. The number of hydrogen-bond acceptors (Lipinski definition) is 3. The lowest BCUT2D eigenvalue weighted by Crippen LogP contribution is -2.05. The molecule has 0 aliphatic carbocycles. The van der Waals surface area contributed by atoms with Gasteiger partial charge in [-0.2, -0.15) is 5.10 Å². The minimum absolute atomic E-state index is 0.327. The van der Waals surface area contributed by atoms with E-state index in [1.165, 1.54) is 0 Å². The number of aromatic nitrogens is 2. The Labute approximate surface area is 105 Å². The van der Waals surface area contributed by atoms with Crippen LogP contribution < -0.4 is 0 Å². The molecule has 0 spiro atoms. The van der Waals surface area contributed by atoms with Crippen molar-refractivity contribution < 1.29 is 9.53 Å². The molecule has 0 bridgehead atoms. The summed E-state index contributed by atoms with van der Waals surface area (Å²) in [6.45, 7) is 2.08. The highest BCUT2D eigenvalue weighted by molar-refractivity contribution is 9.10. The van der Waals surface area contributed by atoms with Gasteiger partial charge in [0.05, 0.1) is 16.1 Å². The summed E-state index contributed by atoms with van der Waals surface area (Å²) in [7, 11) is 0. The van der Waals surface area contributed by atoms with E-state index in [-0.39, 0.29) is 0 Å². The Balaban J connectivity index is 2.58. The minimum atomic E-state index is -0.417. The molecule has 0 unspecified atom stereocenters. The third kappa shape index (κ3) is 1.81. The van der Waals surface area contributed by atoms with E-state index in [0.717, 1.165) is 0 Å². The Kier molecular flexibility index (Phi) is 3.16. The van der Waals surface area contributed by atoms with Gasteiger partial charge in [-0.3, -0.25) is 5.10 Å². The normalized spacial score (nSPS) is 10.7. The molecule has 0 saturated carbocycles. The van der Waals surface area contributed by atoms with Crippen molar-refractivity contribution in [3.63, 3.8) is 0 Å². The number of hydrogen-bond donors (Lipinski definition) is 1. The van der Waals surface area contributed by atoms with Crippen molar-refractivity contribution in [2.24, 2.45) is 0 Å². The van der Waals surface area contributed by atoms with Crippen LogP contribution in [0.1, 0.15) is 17.4 Å². The maximum Gasteiger partial charge on any atom is 0.356 e. The van der Waals surface area contributed by atoms with Crippen molar-refractivity contribution in [3.05, 3.63) is 27.3 Å². The van der Waals surface area contributed by atoms with Gasteiger partial charge in [0, 0.05) is 5.39 Å². The molecule has 0 amide bonds. The highest BCUT2D eigenvalue weighted by atomic mass is 79.9. The Morgan fingerprint density at radius 3 is 3.06 bits per heavy atom. The minimum Gasteiger partial charge on any atom is -0.461 e. The molecule has 0 aliphatic rings. The standard InChI is InChI=1S/C10H8BrClN2O2/c1-2-16-10(15)9-5-3-4-6(12)7(11)8(5)13-14-9/h3-4H,2H2,1H3,(H,13,14). The fourth-order valence-corrected chi connectivity index (χ4v) is 1.97. The highest BCUT2D eigenvalue weighted by Gasteiger charge is 2.16. The quantitative estimate of drug-likeness (QED) is 0.867. The number of halogens is 2. The second kappa shape index (κ2) is 4.43. The van der Waals surface area contributed by atoms with Gasteiger partial charge >= 0.3 is 5.97 Å². The number of nitrogens with one attached hydrogen (secondary N) is 1. The van der Waals surface area contributed by atoms with Crippen LogP contribution >= 0.6 is 27.5 Å². The van der Waals surface area contributed by atoms with E-state index in [0.29, 0.717) is 32.7 Å². The summed E-state index contributed by atoms with van der Waals surface area (Å²) in [6, 6.07) is 3.43. The molecular formula is C10H8BrClN2O2. The van der Waals surface area contributed by atoms with E-state index in [1.807, 2.05) is 0 Å². The zero-order valence-electron chi connectivity index (χ0n) is 8.38. The van der Waals surface area contributed by atoms with Crippen molar-refractivity contribution in [1.82, 2.24) is 10.2 Å². The van der Waals surface area contributed by atoms with Crippen molar-refractivity contribution in [2.45, 2.75) is 6.92 Å². The van der Waals surface area contributed by atoms with E-state index in [2.05, 4.69) is 26.1 Å². The number of benzene rings is 1. The molecular weight excluding hydrogens is 295 g/mol. The molecule has 0 radical (unpaired) electrons. The van der Waals surface area contributed by atoms with Gasteiger partial charge < -0.3 is 4.74 Å². The molecule has 4 nitrogen and oxygen atoms in total. The van der Waals surface area contributed by atoms with Crippen molar-refractivity contribution in [1.29, 1.82) is 0 Å². The van der Waals surface area contributed by atoms with Crippen LogP contribution in [0.2, 0.25) is 5.02 Å². The largest absolute Gasteiger partial charge is 0.461 e. The third-order valence-corrected chi connectivity index (χ3v) is 3.44. The zero-order valence-corrected chi connectivity index (χ0v) is 10.7. The summed E-state index contributed by atoms with van der Waals surface area (Å²) in [5.41, 5.74) is 0.963. The van der Waals surface area contributed by atoms with Crippen LogP contribution in [0.5, 0.6) is 0 Å². The van der Waals surface area contributed by atoms with Gasteiger partial charge in [0.25, 0.3) is 0 Å². The summed E-state index contributed by atoms with van der Waals surface area (Å²) < 4.78 is 5.57. The van der Waals surface area contributed by atoms with Crippen LogP contribution in [0.4, 0.5) is 0 Å². The maximum atomic E-state index is 11.6. The van der Waals surface area contributed by atoms with E-state index in [1.54, 1.807) is 19.1 Å². The number of rotatable bonds is 2. The van der Waals surface area contributed by atoms with Crippen molar-refractivity contribution >= 4 is 44.4 Å². The van der Waals surface area contributed by atoms with Crippen LogP contribution in [-0.2, 0) is 4.74 Å². The molecule has 0 atom stereocenters. The first-order valence-corrected chi connectivity index (χ1v) is 5.81. The summed E-state index contributed by atoms with van der Waals surface area (Å²) in [4.78, 5) is 11.6. The predicted molar refractivity (Wildman–Crippen MR) is 64.8 cm³/mol. The first kappa shape index (κ1) is 11.4. The Bertz CT molecular complexity index is 553. The average molecular weight is 304 g/mol. The monoisotopic (exact) mass is 302 g/mol. The lowest BCUT2D eigenvalue weighted by molar-refractivity contribution is 0.0521. The molecule has 1 N–H and O–H groups in total. The van der Waals surface area contributed by atoms with Crippen LogP contribution in [0.25, 0.3) is 10.9 Å². The molecule has 0 aliphatic heterocycles. The number of H-pyrrole nitrogens is 1. The molecule has 2 aromatic rings. The van der Waals surface area contributed by atoms with E-state index in [4.69, 9.17) is 16.3 Å². The Morgan fingerprint density at radius 2 is 2.38 bits per heavy atom. The van der Waals surface area contributed by atoms with Gasteiger partial charge in [0.1, 0.15) is 5.52 Å². The second-order valence-corrected chi connectivity index (χ2v) is 4.28. The number of carbonyl (C=O) groups is 1. The van der Waals surface area contributed by atoms with Crippen molar-refractivity contribution in [2.75, 3.05) is 6.61 Å². The van der Waals surface area contributed by atoms with Gasteiger partial charge in [-0.1, -0.05) is 11.6 Å². The molecule has 0 saturated heterocycles. The van der Waals surface area contributed by atoms with Gasteiger partial charge in [0.2, 0.25) is 0 Å². The smallest absolute Gasteiger partial charge is 0.356 e. The predicted octanol–water partition coefficient (Wildman–Crippen LogP) is 3.16. The average Bonchev–Trinajstić information content (AvgIpc) is 2.68. The SMILES string of the molecule is CCOC(=O)c1[nH]nc2c(Br)c(Cl)ccc12. The molecule has 0 fully saturated rings. The molecule has 6 heteroatoms. The molecule has 2 rings (SSSR count). The Hall–Kier alpha value is -1.07. The lowest BCUT2D eigenvalue weighted by Gasteiger charge is -1.99. The van der Waals surface area contributed by atoms with Gasteiger partial charge in [-0.25, -0.2) is 4.79 Å². The highest BCUT2D eigenvalue weighted by Crippen LogP contribution is 2.31. The summed E-state index contributed by atoms with van der Waals surface area (Å²) in [5, 5.41) is 7.92. The molecule has 1 heterocycles. The number of ether oxygens (including phenoxy) is 1. The first-order valence-electron chi connectivity index (χ1n) is 4.64. The Morgan fingerprint density at radius 1 is 1.62 bits per heavy atom. The number of esters is 1. The number of aromatic amines is 1. The number of carbonyl (C=O) groups excluding carboxylic acids is 1. The van der Waals surface area contributed by atoms with Crippen molar-refractivity contribution in [3.8, 4) is 0 Å². The van der Waals surface area contributed by atoms with E-state index >= 15 is 0 Å². The van der Waals surface area contributed by atoms with Crippen LogP contribution in [-0.4, -0.2) is 22.8 Å². The summed E-state index contributed by atoms with van der Waals surface area (Å²) >= 11 is 9.24. The maximum absolute atomic E-state index is 11.6. The van der Waals surface area contributed by atoms with E-state index in [9.17, 15) is 4.79 Å². The topological polar surface area (TPSA) is 55.0 Å². The molecule has 1 aromatic heterocycles. The van der Waals surface area contributed by atoms with Crippen LogP contribution in [0.15, 0.2) is 16.6 Å². The second-order valence-electron chi connectivity index (χ2n) is 3.08. The summed E-state index contributed by atoms with van der Waals surface area (Å²) in [6.07, 6.45) is 0. The van der Waals surface area contributed by atoms with Crippen LogP contribution in [0, 0.1) is 0 Å². The van der Waals surface area contributed by atoms with Gasteiger partial charge in [-0.05, 0) is 35.0 Å². The number of nitrogens with zero attached hydrogens (tertiary/aromatic N) is 1. The van der Waals surface area contributed by atoms with Gasteiger partial charge in [-0.15, -0.1) is 0 Å². The molecule has 1 aromatic carbocycles. The fourth-order valence-electron chi connectivity index (χ4n) is 1.38. The lowest BCUT2D eigenvalue weighted by atomic mass is 10.2. The van der Waals surface area contributed by atoms with Crippen LogP contribution in [0.3, 0.4) is 0 Å². The van der Waals surface area contributed by atoms with Gasteiger partial charge in [0.15, 0.2) is 5.69 Å². The van der Waals surface area contributed by atoms with E-state index < -0.39 is 5.97 Å². The fraction of sp³-hybridized carbons (Fsp3) is 0.200. The number of fused-ring (bicyclic) bond motifs is 1. The third-order valence-electron chi connectivity index (χ3n) is 2.10.